The Labute approximate surface area is 196 Å². The molecule has 3 aromatic rings. The molecule has 0 saturated carbocycles. The van der Waals surface area contributed by atoms with Crippen molar-refractivity contribution in [1.29, 1.82) is 0 Å². The topological polar surface area (TPSA) is 123 Å². The summed E-state index contributed by atoms with van der Waals surface area (Å²) in [6, 6.07) is 10.9. The molecule has 0 fully saturated rings. The first kappa shape index (κ1) is 22.9. The second kappa shape index (κ2) is 9.69. The maximum atomic E-state index is 12.6. The molecule has 0 saturated heterocycles. The zero-order chi connectivity index (χ0) is 24.2. The summed E-state index contributed by atoms with van der Waals surface area (Å²) in [4.78, 5) is 12.6. The van der Waals surface area contributed by atoms with Crippen molar-refractivity contribution < 1.29 is 23.6 Å². The highest BCUT2D eigenvalue weighted by molar-refractivity contribution is 6.14. The van der Waals surface area contributed by atoms with Crippen LogP contribution in [0.1, 0.15) is 23.6 Å². The largest absolute Gasteiger partial charge is 0.493 e. The minimum absolute atomic E-state index is 0.178. The van der Waals surface area contributed by atoms with Gasteiger partial charge in [0.25, 0.3) is 5.88 Å². The number of methoxy groups -OCH3 is 3. The Bertz CT molecular complexity index is 1210. The number of hydrazone groups is 1. The lowest BCUT2D eigenvalue weighted by atomic mass is 9.94. The van der Waals surface area contributed by atoms with Crippen LogP contribution in [0.25, 0.3) is 0 Å². The van der Waals surface area contributed by atoms with E-state index in [2.05, 4.69) is 20.9 Å². The van der Waals surface area contributed by atoms with E-state index in [1.165, 1.54) is 12.1 Å². The van der Waals surface area contributed by atoms with Crippen LogP contribution in [0.3, 0.4) is 0 Å². The van der Waals surface area contributed by atoms with Gasteiger partial charge in [-0.05, 0) is 53.5 Å². The molecule has 2 heterocycles. The van der Waals surface area contributed by atoms with Crippen molar-refractivity contribution in [3.05, 3.63) is 53.1 Å². The zero-order valence-corrected chi connectivity index (χ0v) is 19.6. The van der Waals surface area contributed by atoms with E-state index in [-0.39, 0.29) is 18.0 Å². The summed E-state index contributed by atoms with van der Waals surface area (Å²) in [5.41, 5.74) is 4.05. The number of aromatic nitrogens is 2. The normalized spacial score (nSPS) is 15.0. The molecular weight excluding hydrogens is 440 g/mol. The Morgan fingerprint density at radius 1 is 1.06 bits per heavy atom. The number of anilines is 2. The lowest BCUT2D eigenvalue weighted by molar-refractivity contribution is 0.184. The standard InChI is InChI=1S/C23H26N6O5/c1-13-10-15-11-18(31-3)19(32-4)12-17(15)20(26-29(13)23(30)24-2)14-6-8-16(9-7-14)25-21-22(33-5)28-34-27-21/h6-9,11-13H,10H2,1-5H3,(H,24,30)(H,25,27). The third-order valence-corrected chi connectivity index (χ3v) is 5.50. The van der Waals surface area contributed by atoms with Crippen LogP contribution >= 0.6 is 0 Å². The first-order chi connectivity index (χ1) is 16.5. The Kier molecular flexibility index (Phi) is 6.53. The molecule has 11 heteroatoms. The van der Waals surface area contributed by atoms with E-state index in [0.717, 1.165) is 22.4 Å². The fourth-order valence-electron chi connectivity index (χ4n) is 3.79. The van der Waals surface area contributed by atoms with Gasteiger partial charge in [0, 0.05) is 23.9 Å². The second-order valence-corrected chi connectivity index (χ2v) is 7.59. The number of ether oxygens (including phenoxy) is 3. The fraction of sp³-hybridized carbons (Fsp3) is 0.304. The Balaban J connectivity index is 1.77. The maximum absolute atomic E-state index is 12.6. The van der Waals surface area contributed by atoms with Gasteiger partial charge in [0.2, 0.25) is 5.82 Å². The predicted octanol–water partition coefficient (Wildman–Crippen LogP) is 3.18. The Morgan fingerprint density at radius 3 is 2.41 bits per heavy atom. The quantitative estimate of drug-likeness (QED) is 0.568. The lowest BCUT2D eigenvalue weighted by Gasteiger charge is -2.22. The highest BCUT2D eigenvalue weighted by atomic mass is 16.6. The number of urea groups is 1. The number of rotatable bonds is 6. The zero-order valence-electron chi connectivity index (χ0n) is 19.6. The highest BCUT2D eigenvalue weighted by Gasteiger charge is 2.28. The highest BCUT2D eigenvalue weighted by Crippen LogP contribution is 2.35. The Hall–Kier alpha value is -4.28. The van der Waals surface area contributed by atoms with Crippen molar-refractivity contribution >= 4 is 23.2 Å². The van der Waals surface area contributed by atoms with E-state index < -0.39 is 0 Å². The summed E-state index contributed by atoms with van der Waals surface area (Å²) in [6.45, 7) is 1.95. The van der Waals surface area contributed by atoms with Gasteiger partial charge >= 0.3 is 6.03 Å². The van der Waals surface area contributed by atoms with Crippen LogP contribution in [-0.4, -0.2) is 61.5 Å². The smallest absolute Gasteiger partial charge is 0.337 e. The molecule has 0 spiro atoms. The molecular formula is C23H26N6O5. The van der Waals surface area contributed by atoms with E-state index in [1.807, 2.05) is 43.3 Å². The van der Waals surface area contributed by atoms with Crippen LogP contribution in [0.2, 0.25) is 0 Å². The van der Waals surface area contributed by atoms with Gasteiger partial charge in [-0.25, -0.2) is 14.4 Å². The summed E-state index contributed by atoms with van der Waals surface area (Å²) in [5, 5.41) is 19.5. The minimum Gasteiger partial charge on any atom is -0.493 e. The number of fused-ring (bicyclic) bond motifs is 1. The van der Waals surface area contributed by atoms with Crippen molar-refractivity contribution in [2.75, 3.05) is 33.7 Å². The Morgan fingerprint density at radius 2 is 1.76 bits per heavy atom. The number of hydrogen-bond donors (Lipinski definition) is 2. The molecule has 0 bridgehead atoms. The average Bonchev–Trinajstić information content (AvgIpc) is 3.25. The monoisotopic (exact) mass is 466 g/mol. The van der Waals surface area contributed by atoms with E-state index in [9.17, 15) is 4.79 Å². The van der Waals surface area contributed by atoms with E-state index >= 15 is 0 Å². The van der Waals surface area contributed by atoms with Crippen LogP contribution in [0.4, 0.5) is 16.3 Å². The molecule has 1 aromatic heterocycles. The molecule has 1 unspecified atom stereocenters. The number of benzene rings is 2. The van der Waals surface area contributed by atoms with Gasteiger partial charge in [-0.3, -0.25) is 0 Å². The van der Waals surface area contributed by atoms with Gasteiger partial charge in [0.15, 0.2) is 11.5 Å². The second-order valence-electron chi connectivity index (χ2n) is 7.59. The van der Waals surface area contributed by atoms with Crippen LogP contribution in [-0.2, 0) is 6.42 Å². The predicted molar refractivity (Wildman–Crippen MR) is 125 cm³/mol. The van der Waals surface area contributed by atoms with Crippen molar-refractivity contribution in [3.8, 4) is 17.4 Å². The van der Waals surface area contributed by atoms with E-state index in [4.69, 9.17) is 23.9 Å². The van der Waals surface area contributed by atoms with Crippen LogP contribution in [0.5, 0.6) is 17.4 Å². The van der Waals surface area contributed by atoms with E-state index in [1.54, 1.807) is 21.3 Å². The van der Waals surface area contributed by atoms with Crippen molar-refractivity contribution in [1.82, 2.24) is 20.6 Å². The molecule has 11 nitrogen and oxygen atoms in total. The summed E-state index contributed by atoms with van der Waals surface area (Å²) in [7, 11) is 6.26. The molecule has 178 valence electrons. The number of carbonyl (C=O) groups excluding carboxylic acids is 1. The number of amides is 2. The van der Waals surface area contributed by atoms with Crippen molar-refractivity contribution in [2.24, 2.45) is 5.10 Å². The molecule has 1 aliphatic rings. The fourth-order valence-corrected chi connectivity index (χ4v) is 3.79. The molecule has 1 aliphatic heterocycles. The molecule has 2 aromatic carbocycles. The van der Waals surface area contributed by atoms with Crippen LogP contribution < -0.4 is 24.8 Å². The third kappa shape index (κ3) is 4.32. The molecule has 2 N–H and O–H groups in total. The summed E-state index contributed by atoms with van der Waals surface area (Å²) < 4.78 is 20.9. The SMILES string of the molecule is CNC(=O)N1N=C(c2ccc(Nc3nonc3OC)cc2)c2cc(OC)c(OC)cc2CC1C. The van der Waals surface area contributed by atoms with Gasteiger partial charge in [0.1, 0.15) is 0 Å². The lowest BCUT2D eigenvalue weighted by Crippen LogP contribution is -2.41. The first-order valence-electron chi connectivity index (χ1n) is 10.6. The van der Waals surface area contributed by atoms with Gasteiger partial charge < -0.3 is 24.8 Å². The van der Waals surface area contributed by atoms with Gasteiger partial charge in [-0.2, -0.15) is 5.10 Å². The summed E-state index contributed by atoms with van der Waals surface area (Å²) in [6.07, 6.45) is 0.592. The minimum atomic E-state index is -0.291. The van der Waals surface area contributed by atoms with Crippen molar-refractivity contribution in [3.63, 3.8) is 0 Å². The number of hydrogen-bond acceptors (Lipinski definition) is 9. The number of nitrogens with one attached hydrogen (secondary N) is 2. The van der Waals surface area contributed by atoms with Gasteiger partial charge in [-0.15, -0.1) is 0 Å². The summed E-state index contributed by atoms with van der Waals surface area (Å²) >= 11 is 0. The molecule has 4 rings (SSSR count). The van der Waals surface area contributed by atoms with Crippen molar-refractivity contribution in [2.45, 2.75) is 19.4 Å². The third-order valence-electron chi connectivity index (χ3n) is 5.50. The maximum Gasteiger partial charge on any atom is 0.337 e. The van der Waals surface area contributed by atoms with E-state index in [0.29, 0.717) is 29.4 Å². The molecule has 0 aliphatic carbocycles. The molecule has 2 amide bonds. The molecule has 1 atom stereocenters. The van der Waals surface area contributed by atoms with Gasteiger partial charge in [0.05, 0.1) is 33.1 Å². The van der Waals surface area contributed by atoms with Crippen LogP contribution in [0.15, 0.2) is 46.1 Å². The first-order valence-corrected chi connectivity index (χ1v) is 10.6. The number of carbonyl (C=O) groups is 1. The number of nitrogens with zero attached hydrogens (tertiary/aromatic N) is 4. The molecule has 34 heavy (non-hydrogen) atoms. The summed E-state index contributed by atoms with van der Waals surface area (Å²) in [5.74, 6) is 1.82. The van der Waals surface area contributed by atoms with Gasteiger partial charge in [-0.1, -0.05) is 12.1 Å². The van der Waals surface area contributed by atoms with Crippen LogP contribution in [0, 0.1) is 0 Å². The molecule has 0 radical (unpaired) electrons. The average molecular weight is 466 g/mol.